The molecule has 0 saturated heterocycles. The highest BCUT2D eigenvalue weighted by Crippen LogP contribution is 2.40. The van der Waals surface area contributed by atoms with Crippen LogP contribution < -0.4 is 0 Å². The Labute approximate surface area is 322 Å². The number of hydrogen-bond donors (Lipinski definition) is 0. The van der Waals surface area contributed by atoms with Gasteiger partial charge in [0.25, 0.3) is 0 Å². The molecule has 3 heterocycles. The van der Waals surface area contributed by atoms with Gasteiger partial charge in [-0.3, -0.25) is 0 Å². The van der Waals surface area contributed by atoms with E-state index in [1.54, 1.807) is 0 Å². The van der Waals surface area contributed by atoms with Gasteiger partial charge in [0.05, 0.1) is 11.0 Å². The van der Waals surface area contributed by atoms with E-state index < -0.39 is 0 Å². The average molecular weight is 717 g/mol. The molecule has 0 bridgehead atoms. The Morgan fingerprint density at radius 3 is 1.68 bits per heavy atom. The third kappa shape index (κ3) is 5.29. The number of rotatable bonds is 6. The Kier molecular flexibility index (Phi) is 7.42. The number of para-hydroxylation sites is 3. The molecule has 8 aromatic carbocycles. The van der Waals surface area contributed by atoms with E-state index in [1.165, 1.54) is 10.8 Å². The highest BCUT2D eigenvalue weighted by Gasteiger charge is 2.19. The summed E-state index contributed by atoms with van der Waals surface area (Å²) in [6, 6.07) is 67.5. The zero-order valence-electron chi connectivity index (χ0n) is 30.2. The Bertz CT molecular complexity index is 3200. The van der Waals surface area contributed by atoms with Crippen LogP contribution in [-0.4, -0.2) is 19.5 Å². The summed E-state index contributed by atoms with van der Waals surface area (Å²) in [6.07, 6.45) is 0. The lowest BCUT2D eigenvalue weighted by Gasteiger charge is -2.13. The standard InChI is InChI=1S/C51H32N4O/c1-3-15-33(16-4-1)49-52-50(34-17-5-2-6-18-34)54-51(53-49)43-24-8-7-21-38(43)36-29-30-46-44(32-36)40-22-9-11-27-45(40)55(46)37-20-13-19-35(31-37)39-25-14-26-42-41-23-10-12-28-47(41)56-48(39)42/h1-32H. The summed E-state index contributed by atoms with van der Waals surface area (Å²) in [7, 11) is 0. The van der Waals surface area contributed by atoms with Crippen LogP contribution in [0.3, 0.4) is 0 Å². The van der Waals surface area contributed by atoms with Crippen LogP contribution in [0.25, 0.3) is 106 Å². The third-order valence-corrected chi connectivity index (χ3v) is 10.7. The molecule has 0 atom stereocenters. The molecule has 5 heteroatoms. The van der Waals surface area contributed by atoms with Gasteiger partial charge in [-0.1, -0.05) is 158 Å². The zero-order chi connectivity index (χ0) is 37.0. The molecule has 0 unspecified atom stereocenters. The van der Waals surface area contributed by atoms with Gasteiger partial charge < -0.3 is 8.98 Å². The van der Waals surface area contributed by atoms with E-state index in [4.69, 9.17) is 19.4 Å². The van der Waals surface area contributed by atoms with Gasteiger partial charge in [-0.15, -0.1) is 0 Å². The summed E-state index contributed by atoms with van der Waals surface area (Å²) in [6.45, 7) is 0. The van der Waals surface area contributed by atoms with E-state index in [2.05, 4.69) is 126 Å². The van der Waals surface area contributed by atoms with E-state index in [0.29, 0.717) is 17.5 Å². The van der Waals surface area contributed by atoms with E-state index in [-0.39, 0.29) is 0 Å². The van der Waals surface area contributed by atoms with E-state index in [1.807, 2.05) is 72.8 Å². The summed E-state index contributed by atoms with van der Waals surface area (Å²) in [5.74, 6) is 1.91. The van der Waals surface area contributed by atoms with Gasteiger partial charge >= 0.3 is 0 Å². The molecular weight excluding hydrogens is 685 g/mol. The fraction of sp³-hybridized carbons (Fsp3) is 0. The minimum Gasteiger partial charge on any atom is -0.455 e. The van der Waals surface area contributed by atoms with Crippen LogP contribution in [0.5, 0.6) is 0 Å². The van der Waals surface area contributed by atoms with E-state index >= 15 is 0 Å². The number of aromatic nitrogens is 4. The molecule has 0 spiro atoms. The molecule has 0 fully saturated rings. The van der Waals surface area contributed by atoms with Gasteiger partial charge in [-0.2, -0.15) is 0 Å². The van der Waals surface area contributed by atoms with Crippen molar-refractivity contribution in [1.29, 1.82) is 0 Å². The molecule has 0 aliphatic heterocycles. The van der Waals surface area contributed by atoms with Crippen molar-refractivity contribution in [3.8, 4) is 62.1 Å². The fourth-order valence-corrected chi connectivity index (χ4v) is 8.06. The van der Waals surface area contributed by atoms with Gasteiger partial charge in [0, 0.05) is 49.5 Å². The maximum absolute atomic E-state index is 6.44. The number of hydrogen-bond acceptors (Lipinski definition) is 4. The van der Waals surface area contributed by atoms with Crippen LogP contribution in [0, 0.1) is 0 Å². The first-order valence-corrected chi connectivity index (χ1v) is 18.8. The quantitative estimate of drug-likeness (QED) is 0.172. The number of benzene rings is 8. The highest BCUT2D eigenvalue weighted by atomic mass is 16.3. The number of fused-ring (bicyclic) bond motifs is 6. The van der Waals surface area contributed by atoms with Crippen molar-refractivity contribution in [2.45, 2.75) is 0 Å². The molecule has 3 aromatic heterocycles. The van der Waals surface area contributed by atoms with Crippen molar-refractivity contribution in [2.75, 3.05) is 0 Å². The highest BCUT2D eigenvalue weighted by molar-refractivity contribution is 6.12. The van der Waals surface area contributed by atoms with E-state index in [0.717, 1.165) is 77.6 Å². The molecular formula is C51H32N4O. The number of furan rings is 1. The molecule has 11 rings (SSSR count). The van der Waals surface area contributed by atoms with Gasteiger partial charge in [0.2, 0.25) is 0 Å². The predicted octanol–water partition coefficient (Wildman–Crippen LogP) is 13.2. The third-order valence-electron chi connectivity index (χ3n) is 10.7. The minimum atomic E-state index is 0.632. The Balaban J connectivity index is 1.06. The molecule has 0 saturated carbocycles. The Morgan fingerprint density at radius 2 is 0.893 bits per heavy atom. The molecule has 56 heavy (non-hydrogen) atoms. The molecule has 0 amide bonds. The number of nitrogens with zero attached hydrogens (tertiary/aromatic N) is 4. The summed E-state index contributed by atoms with van der Waals surface area (Å²) < 4.78 is 8.81. The fourth-order valence-electron chi connectivity index (χ4n) is 8.06. The van der Waals surface area contributed by atoms with Crippen LogP contribution in [0.15, 0.2) is 199 Å². The van der Waals surface area contributed by atoms with Crippen molar-refractivity contribution in [3.05, 3.63) is 194 Å². The summed E-state index contributed by atoms with van der Waals surface area (Å²) >= 11 is 0. The van der Waals surface area contributed by atoms with Crippen molar-refractivity contribution in [1.82, 2.24) is 19.5 Å². The zero-order valence-corrected chi connectivity index (χ0v) is 30.2. The molecule has 262 valence electrons. The largest absolute Gasteiger partial charge is 0.455 e. The van der Waals surface area contributed by atoms with Gasteiger partial charge in [-0.05, 0) is 53.1 Å². The minimum absolute atomic E-state index is 0.632. The second kappa shape index (κ2) is 13.0. The Morgan fingerprint density at radius 1 is 0.339 bits per heavy atom. The average Bonchev–Trinajstić information content (AvgIpc) is 3.83. The molecule has 5 nitrogen and oxygen atoms in total. The lowest BCUT2D eigenvalue weighted by atomic mass is 9.97. The monoisotopic (exact) mass is 716 g/mol. The summed E-state index contributed by atoms with van der Waals surface area (Å²) in [5.41, 5.74) is 12.3. The lowest BCUT2D eigenvalue weighted by Crippen LogP contribution is -2.01. The first kappa shape index (κ1) is 31.9. The molecule has 11 aromatic rings. The topological polar surface area (TPSA) is 56.7 Å². The smallest absolute Gasteiger partial charge is 0.164 e. The molecule has 0 aliphatic rings. The normalized spacial score (nSPS) is 11.6. The van der Waals surface area contributed by atoms with Crippen molar-refractivity contribution in [3.63, 3.8) is 0 Å². The second-order valence-corrected chi connectivity index (χ2v) is 14.0. The van der Waals surface area contributed by atoms with Gasteiger partial charge in [0.1, 0.15) is 11.2 Å². The summed E-state index contributed by atoms with van der Waals surface area (Å²) in [4.78, 5) is 15.1. The summed E-state index contributed by atoms with van der Waals surface area (Å²) in [5, 5.41) is 4.61. The van der Waals surface area contributed by atoms with Crippen LogP contribution in [0.4, 0.5) is 0 Å². The maximum atomic E-state index is 6.44. The van der Waals surface area contributed by atoms with Crippen molar-refractivity contribution in [2.24, 2.45) is 0 Å². The second-order valence-electron chi connectivity index (χ2n) is 14.0. The first-order valence-electron chi connectivity index (χ1n) is 18.8. The maximum Gasteiger partial charge on any atom is 0.164 e. The first-order chi connectivity index (χ1) is 27.8. The van der Waals surface area contributed by atoms with Crippen LogP contribution in [0.1, 0.15) is 0 Å². The SMILES string of the molecule is c1ccc(-c2nc(-c3ccccc3)nc(-c3ccccc3-c3ccc4c(c3)c3ccccc3n4-c3cccc(-c4cccc5c4oc4ccccc45)c3)n2)cc1. The Hall–Kier alpha value is -7.63. The van der Waals surface area contributed by atoms with Gasteiger partial charge in [-0.25, -0.2) is 15.0 Å². The predicted molar refractivity (Wildman–Crippen MR) is 229 cm³/mol. The van der Waals surface area contributed by atoms with Crippen LogP contribution >= 0.6 is 0 Å². The van der Waals surface area contributed by atoms with Gasteiger partial charge in [0.15, 0.2) is 17.5 Å². The van der Waals surface area contributed by atoms with E-state index in [9.17, 15) is 0 Å². The molecule has 0 radical (unpaired) electrons. The van der Waals surface area contributed by atoms with Crippen LogP contribution in [-0.2, 0) is 0 Å². The molecule has 0 aliphatic carbocycles. The lowest BCUT2D eigenvalue weighted by molar-refractivity contribution is 0.670. The molecule has 0 N–H and O–H groups in total. The van der Waals surface area contributed by atoms with Crippen LogP contribution in [0.2, 0.25) is 0 Å². The van der Waals surface area contributed by atoms with Crippen molar-refractivity contribution >= 4 is 43.7 Å². The van der Waals surface area contributed by atoms with Crippen molar-refractivity contribution < 1.29 is 4.42 Å².